The first kappa shape index (κ1) is 10.0. The van der Waals surface area contributed by atoms with Gasteiger partial charge in [0.25, 0.3) is 0 Å². The van der Waals surface area contributed by atoms with Crippen LogP contribution in [0.5, 0.6) is 0 Å². The largest absolute Gasteiger partial charge is 0.369 e. The minimum Gasteiger partial charge on any atom is -0.369 e. The maximum absolute atomic E-state index is 13.7. The summed E-state index contributed by atoms with van der Waals surface area (Å²) in [6, 6.07) is 6.39. The summed E-state index contributed by atoms with van der Waals surface area (Å²) in [5.41, 5.74) is 1.35. The summed E-state index contributed by atoms with van der Waals surface area (Å²) in [7, 11) is 0. The zero-order valence-corrected chi connectivity index (χ0v) is 8.96. The molecule has 1 aliphatic rings. The van der Waals surface area contributed by atoms with Gasteiger partial charge < -0.3 is 10.3 Å². The molecule has 2 aromatic rings. The number of rotatable bonds is 1. The molecular weight excluding hydrogens is 221 g/mol. The van der Waals surface area contributed by atoms with Crippen LogP contribution in [0.2, 0.25) is 0 Å². The van der Waals surface area contributed by atoms with E-state index in [2.05, 4.69) is 15.3 Å². The first-order valence-corrected chi connectivity index (χ1v) is 5.37. The summed E-state index contributed by atoms with van der Waals surface area (Å²) in [5, 5.41) is 3.02. The molecule has 0 saturated heterocycles. The summed E-state index contributed by atoms with van der Waals surface area (Å²) in [6.45, 7) is 0.723. The number of anilines is 1. The monoisotopic (exact) mass is 231 g/mol. The number of nitrogens with zero attached hydrogens (tertiary/aromatic N) is 1. The highest BCUT2D eigenvalue weighted by Crippen LogP contribution is 2.29. The van der Waals surface area contributed by atoms with E-state index in [0.29, 0.717) is 17.1 Å². The zero-order chi connectivity index (χ0) is 11.8. The highest BCUT2D eigenvalue weighted by Gasteiger charge is 2.19. The van der Waals surface area contributed by atoms with Gasteiger partial charge in [0.05, 0.1) is 5.69 Å². The molecule has 3 rings (SSSR count). The molecule has 2 N–H and O–H groups in total. The van der Waals surface area contributed by atoms with Crippen molar-refractivity contribution in [1.82, 2.24) is 9.97 Å². The van der Waals surface area contributed by atoms with Crippen LogP contribution in [0.15, 0.2) is 29.1 Å². The number of H-pyrrole nitrogens is 1. The van der Waals surface area contributed by atoms with Crippen LogP contribution in [-0.2, 0) is 6.42 Å². The van der Waals surface area contributed by atoms with Crippen LogP contribution < -0.4 is 11.0 Å². The Labute approximate surface area is 96.5 Å². The molecule has 5 heteroatoms. The maximum atomic E-state index is 13.7. The van der Waals surface area contributed by atoms with Crippen molar-refractivity contribution in [1.29, 1.82) is 0 Å². The van der Waals surface area contributed by atoms with Crippen LogP contribution in [0.3, 0.4) is 0 Å². The van der Waals surface area contributed by atoms with Gasteiger partial charge in [0.15, 0.2) is 0 Å². The third-order valence-electron chi connectivity index (χ3n) is 2.84. The zero-order valence-electron chi connectivity index (χ0n) is 8.96. The van der Waals surface area contributed by atoms with Gasteiger partial charge in [0.1, 0.15) is 11.6 Å². The van der Waals surface area contributed by atoms with Crippen molar-refractivity contribution in [2.75, 3.05) is 11.9 Å². The molecule has 0 spiro atoms. The summed E-state index contributed by atoms with van der Waals surface area (Å²) >= 11 is 0. The van der Waals surface area contributed by atoms with Gasteiger partial charge >= 0.3 is 5.69 Å². The topological polar surface area (TPSA) is 57.8 Å². The maximum Gasteiger partial charge on any atom is 0.347 e. The second kappa shape index (κ2) is 3.69. The number of aromatic amines is 1. The number of nitrogens with one attached hydrogen (secondary N) is 2. The quantitative estimate of drug-likeness (QED) is 0.782. The van der Waals surface area contributed by atoms with E-state index in [-0.39, 0.29) is 5.82 Å². The van der Waals surface area contributed by atoms with Crippen LogP contribution in [-0.4, -0.2) is 16.5 Å². The number of benzene rings is 1. The smallest absolute Gasteiger partial charge is 0.347 e. The summed E-state index contributed by atoms with van der Waals surface area (Å²) < 4.78 is 13.7. The number of halogens is 1. The Kier molecular flexibility index (Phi) is 2.18. The van der Waals surface area contributed by atoms with Gasteiger partial charge in [-0.05, 0) is 18.6 Å². The molecule has 0 radical (unpaired) electrons. The Morgan fingerprint density at radius 1 is 1.29 bits per heavy atom. The molecule has 2 heterocycles. The molecule has 0 atom stereocenters. The second-order valence-electron chi connectivity index (χ2n) is 3.90. The predicted octanol–water partition coefficient (Wildman–Crippen LogP) is 1.54. The summed E-state index contributed by atoms with van der Waals surface area (Å²) in [4.78, 5) is 17.8. The summed E-state index contributed by atoms with van der Waals surface area (Å²) in [6.07, 6.45) is 0.739. The first-order valence-electron chi connectivity index (χ1n) is 5.37. The molecule has 86 valence electrons. The fourth-order valence-electron chi connectivity index (χ4n) is 2.09. The molecule has 0 fully saturated rings. The molecule has 1 aliphatic heterocycles. The lowest BCUT2D eigenvalue weighted by molar-refractivity contribution is 0.630. The molecule has 0 unspecified atom stereocenters. The van der Waals surface area contributed by atoms with E-state index in [1.54, 1.807) is 18.2 Å². The van der Waals surface area contributed by atoms with Gasteiger partial charge in [-0.15, -0.1) is 0 Å². The fourth-order valence-corrected chi connectivity index (χ4v) is 2.09. The van der Waals surface area contributed by atoms with Gasteiger partial charge in [0, 0.05) is 17.7 Å². The Balaban J connectivity index is 2.29. The Morgan fingerprint density at radius 3 is 2.94 bits per heavy atom. The molecule has 4 nitrogen and oxygen atoms in total. The Hall–Kier alpha value is -2.17. The Bertz CT molecular complexity index is 636. The number of aromatic nitrogens is 2. The standard InChI is InChI=1S/C12H10FN3O/c13-9-4-2-1-3-7(9)10-8-5-6-14-11(8)16-12(17)15-10/h1-4H,5-6H2,(H2,14,15,16,17). The molecular formula is C12H10FN3O. The van der Waals surface area contributed by atoms with E-state index >= 15 is 0 Å². The Morgan fingerprint density at radius 2 is 2.12 bits per heavy atom. The lowest BCUT2D eigenvalue weighted by atomic mass is 10.1. The minimum atomic E-state index is -0.462. The van der Waals surface area contributed by atoms with Crippen LogP contribution in [0, 0.1) is 5.82 Å². The fraction of sp³-hybridized carbons (Fsp3) is 0.167. The lowest BCUT2D eigenvalue weighted by Crippen LogP contribution is -2.14. The highest BCUT2D eigenvalue weighted by molar-refractivity contribution is 5.70. The molecule has 0 aliphatic carbocycles. The highest BCUT2D eigenvalue weighted by atomic mass is 19.1. The van der Waals surface area contributed by atoms with Gasteiger partial charge in [-0.2, -0.15) is 4.98 Å². The molecule has 17 heavy (non-hydrogen) atoms. The van der Waals surface area contributed by atoms with E-state index in [9.17, 15) is 9.18 Å². The molecule has 1 aromatic heterocycles. The minimum absolute atomic E-state index is 0.344. The molecule has 1 aromatic carbocycles. The van der Waals surface area contributed by atoms with E-state index in [4.69, 9.17) is 0 Å². The first-order chi connectivity index (χ1) is 8.25. The van der Waals surface area contributed by atoms with E-state index in [1.807, 2.05) is 0 Å². The van der Waals surface area contributed by atoms with Crippen molar-refractivity contribution in [2.24, 2.45) is 0 Å². The van der Waals surface area contributed by atoms with Gasteiger partial charge in [-0.1, -0.05) is 12.1 Å². The van der Waals surface area contributed by atoms with E-state index in [0.717, 1.165) is 18.5 Å². The third-order valence-corrected chi connectivity index (χ3v) is 2.84. The van der Waals surface area contributed by atoms with Crippen molar-refractivity contribution < 1.29 is 4.39 Å². The molecule has 0 saturated carbocycles. The predicted molar refractivity (Wildman–Crippen MR) is 62.4 cm³/mol. The average molecular weight is 231 g/mol. The average Bonchev–Trinajstić information content (AvgIpc) is 2.76. The summed E-state index contributed by atoms with van der Waals surface area (Å²) in [5.74, 6) is 0.218. The molecule has 0 amide bonds. The van der Waals surface area contributed by atoms with Gasteiger partial charge in [-0.25, -0.2) is 9.18 Å². The van der Waals surface area contributed by atoms with Crippen LogP contribution in [0.1, 0.15) is 5.56 Å². The third kappa shape index (κ3) is 1.60. The number of hydrogen-bond acceptors (Lipinski definition) is 3. The van der Waals surface area contributed by atoms with Crippen molar-refractivity contribution in [2.45, 2.75) is 6.42 Å². The van der Waals surface area contributed by atoms with Gasteiger partial charge in [-0.3, -0.25) is 0 Å². The second-order valence-corrected chi connectivity index (χ2v) is 3.90. The lowest BCUT2D eigenvalue weighted by Gasteiger charge is -2.07. The normalized spacial score (nSPS) is 13.2. The van der Waals surface area contributed by atoms with Gasteiger partial charge in [0.2, 0.25) is 0 Å². The number of fused-ring (bicyclic) bond motifs is 1. The molecule has 0 bridgehead atoms. The van der Waals surface area contributed by atoms with E-state index < -0.39 is 5.69 Å². The van der Waals surface area contributed by atoms with Crippen molar-refractivity contribution in [3.63, 3.8) is 0 Å². The van der Waals surface area contributed by atoms with Crippen molar-refractivity contribution in [3.8, 4) is 11.3 Å². The van der Waals surface area contributed by atoms with Crippen molar-refractivity contribution in [3.05, 3.63) is 46.1 Å². The number of hydrogen-bond donors (Lipinski definition) is 2. The van der Waals surface area contributed by atoms with Crippen LogP contribution in [0.25, 0.3) is 11.3 Å². The SMILES string of the molecule is O=c1nc2c(c(-c3ccccc3F)[nH]1)CCN2. The van der Waals surface area contributed by atoms with E-state index in [1.165, 1.54) is 6.07 Å². The van der Waals surface area contributed by atoms with Crippen LogP contribution in [0.4, 0.5) is 10.2 Å². The van der Waals surface area contributed by atoms with Crippen LogP contribution >= 0.6 is 0 Å². The van der Waals surface area contributed by atoms with Crippen molar-refractivity contribution >= 4 is 5.82 Å².